The Hall–Kier alpha value is -2.87. The van der Waals surface area contributed by atoms with Crippen molar-refractivity contribution in [3.8, 4) is 5.75 Å². The molecule has 0 atom stereocenters. The topological polar surface area (TPSA) is 77.2 Å². The van der Waals surface area contributed by atoms with Crippen LogP contribution < -0.4 is 10.1 Å². The largest absolute Gasteiger partial charge is 0.484 e. The van der Waals surface area contributed by atoms with Gasteiger partial charge in [0.25, 0.3) is 11.1 Å². The lowest BCUT2D eigenvalue weighted by Crippen LogP contribution is -2.24. The first kappa shape index (κ1) is 17.9. The van der Waals surface area contributed by atoms with Gasteiger partial charge >= 0.3 is 0 Å². The van der Waals surface area contributed by atoms with Crippen LogP contribution in [0.15, 0.2) is 64.2 Å². The number of para-hydroxylation sites is 1. The second-order valence-electron chi connectivity index (χ2n) is 5.26. The smallest absolute Gasteiger partial charge is 0.277 e. The van der Waals surface area contributed by atoms with Crippen molar-refractivity contribution in [2.75, 3.05) is 5.75 Å². The summed E-state index contributed by atoms with van der Waals surface area (Å²) < 4.78 is 23.8. The third kappa shape index (κ3) is 5.59. The van der Waals surface area contributed by atoms with E-state index in [1.54, 1.807) is 12.1 Å². The predicted octanol–water partition coefficient (Wildman–Crippen LogP) is 3.20. The highest BCUT2D eigenvalue weighted by Gasteiger charge is 2.10. The molecule has 0 aliphatic rings. The molecule has 1 heterocycles. The lowest BCUT2D eigenvalue weighted by molar-refractivity contribution is -0.118. The van der Waals surface area contributed by atoms with Crippen molar-refractivity contribution < 1.29 is 18.3 Å². The fraction of sp³-hybridized carbons (Fsp3) is 0.167. The minimum Gasteiger partial charge on any atom is -0.484 e. The molecule has 134 valence electrons. The molecule has 8 heteroatoms. The first-order valence-electron chi connectivity index (χ1n) is 7.83. The molecule has 0 unspecified atom stereocenters. The number of hydrogen-bond donors (Lipinski definition) is 1. The van der Waals surface area contributed by atoms with E-state index in [1.807, 2.05) is 30.3 Å². The molecule has 0 fully saturated rings. The van der Waals surface area contributed by atoms with Gasteiger partial charge in [0.2, 0.25) is 5.91 Å². The van der Waals surface area contributed by atoms with Crippen molar-refractivity contribution >= 4 is 17.7 Å². The van der Waals surface area contributed by atoms with E-state index in [0.717, 1.165) is 17.3 Å². The van der Waals surface area contributed by atoms with Gasteiger partial charge in [-0.15, -0.1) is 10.2 Å². The van der Waals surface area contributed by atoms with Gasteiger partial charge in [0.05, 0.1) is 5.75 Å². The fourth-order valence-electron chi connectivity index (χ4n) is 2.00. The standard InChI is InChI=1S/C18H16FN3O3S/c19-14-8-6-13(7-9-14)10-20-16(23)12-26-18-22-21-17(25-18)11-24-15-4-2-1-3-5-15/h1-9H,10-12H2,(H,20,23). The van der Waals surface area contributed by atoms with Gasteiger partial charge in [-0.2, -0.15) is 0 Å². The van der Waals surface area contributed by atoms with Crippen LogP contribution in [0.4, 0.5) is 4.39 Å². The number of ether oxygens (including phenoxy) is 1. The van der Waals surface area contributed by atoms with Gasteiger partial charge in [0.1, 0.15) is 11.6 Å². The van der Waals surface area contributed by atoms with E-state index in [4.69, 9.17) is 9.15 Å². The molecule has 0 aliphatic carbocycles. The van der Waals surface area contributed by atoms with Crippen molar-refractivity contribution in [2.24, 2.45) is 0 Å². The zero-order valence-electron chi connectivity index (χ0n) is 13.7. The number of benzene rings is 2. The molecule has 3 rings (SSSR count). The molecule has 3 aromatic rings. The minimum atomic E-state index is -0.306. The highest BCUT2D eigenvalue weighted by atomic mass is 32.2. The summed E-state index contributed by atoms with van der Waals surface area (Å²) in [6, 6.07) is 15.3. The molecule has 2 aromatic carbocycles. The summed E-state index contributed by atoms with van der Waals surface area (Å²) in [5, 5.41) is 10.8. The summed E-state index contributed by atoms with van der Waals surface area (Å²) in [6.07, 6.45) is 0. The molecule has 1 N–H and O–H groups in total. The molecule has 0 aliphatic heterocycles. The van der Waals surface area contributed by atoms with Crippen molar-refractivity contribution in [1.82, 2.24) is 15.5 Å². The van der Waals surface area contributed by atoms with Crippen LogP contribution in [0.2, 0.25) is 0 Å². The minimum absolute atomic E-state index is 0.141. The number of carbonyl (C=O) groups excluding carboxylic acids is 1. The molecule has 6 nitrogen and oxygen atoms in total. The van der Waals surface area contributed by atoms with Crippen LogP contribution in [0.1, 0.15) is 11.5 Å². The molecule has 26 heavy (non-hydrogen) atoms. The Morgan fingerprint density at radius 3 is 2.65 bits per heavy atom. The Labute approximate surface area is 153 Å². The number of rotatable bonds is 8. The molecule has 0 saturated carbocycles. The maximum atomic E-state index is 12.8. The average Bonchev–Trinajstić information content (AvgIpc) is 3.13. The predicted molar refractivity (Wildman–Crippen MR) is 94.0 cm³/mol. The van der Waals surface area contributed by atoms with Gasteiger partial charge in [0.15, 0.2) is 6.61 Å². The van der Waals surface area contributed by atoms with Gasteiger partial charge in [0, 0.05) is 6.54 Å². The Balaban J connectivity index is 1.39. The van der Waals surface area contributed by atoms with E-state index in [2.05, 4.69) is 15.5 Å². The second-order valence-corrected chi connectivity index (χ2v) is 6.18. The number of nitrogens with zero attached hydrogens (tertiary/aromatic N) is 2. The maximum Gasteiger partial charge on any atom is 0.277 e. The van der Waals surface area contributed by atoms with Crippen LogP contribution in [0, 0.1) is 5.82 Å². The molecule has 1 amide bonds. The van der Waals surface area contributed by atoms with Crippen LogP contribution >= 0.6 is 11.8 Å². The van der Waals surface area contributed by atoms with Gasteiger partial charge in [-0.3, -0.25) is 4.79 Å². The number of nitrogens with one attached hydrogen (secondary N) is 1. The van der Waals surface area contributed by atoms with E-state index in [9.17, 15) is 9.18 Å². The summed E-state index contributed by atoms with van der Waals surface area (Å²) in [4.78, 5) is 11.9. The lowest BCUT2D eigenvalue weighted by Gasteiger charge is -2.04. The number of halogens is 1. The Bertz CT molecular complexity index is 840. The Morgan fingerprint density at radius 1 is 1.12 bits per heavy atom. The van der Waals surface area contributed by atoms with Gasteiger partial charge in [-0.1, -0.05) is 42.1 Å². The van der Waals surface area contributed by atoms with E-state index < -0.39 is 0 Å². The van der Waals surface area contributed by atoms with E-state index in [1.165, 1.54) is 12.1 Å². The van der Waals surface area contributed by atoms with E-state index >= 15 is 0 Å². The van der Waals surface area contributed by atoms with Crippen LogP contribution in [0.3, 0.4) is 0 Å². The maximum absolute atomic E-state index is 12.8. The number of aromatic nitrogens is 2. The first-order chi connectivity index (χ1) is 12.7. The number of thioether (sulfide) groups is 1. The third-order valence-electron chi connectivity index (χ3n) is 3.28. The quantitative estimate of drug-likeness (QED) is 0.611. The summed E-state index contributed by atoms with van der Waals surface area (Å²) in [7, 11) is 0. The van der Waals surface area contributed by atoms with Crippen molar-refractivity contribution in [2.45, 2.75) is 18.4 Å². The monoisotopic (exact) mass is 373 g/mol. The second kappa shape index (κ2) is 9.00. The van der Waals surface area contributed by atoms with Crippen molar-refractivity contribution in [3.63, 3.8) is 0 Å². The van der Waals surface area contributed by atoms with E-state index in [0.29, 0.717) is 23.4 Å². The van der Waals surface area contributed by atoms with Crippen LogP contribution in [-0.2, 0) is 17.9 Å². The van der Waals surface area contributed by atoms with Crippen LogP contribution in [0.5, 0.6) is 5.75 Å². The molecule has 0 saturated heterocycles. The number of hydrogen-bond acceptors (Lipinski definition) is 6. The first-order valence-corrected chi connectivity index (χ1v) is 8.82. The van der Waals surface area contributed by atoms with Crippen LogP contribution in [-0.4, -0.2) is 21.9 Å². The Kier molecular flexibility index (Phi) is 6.21. The van der Waals surface area contributed by atoms with Gasteiger partial charge in [-0.05, 0) is 29.8 Å². The zero-order chi connectivity index (χ0) is 18.2. The van der Waals surface area contributed by atoms with Crippen molar-refractivity contribution in [1.29, 1.82) is 0 Å². The van der Waals surface area contributed by atoms with Crippen LogP contribution in [0.25, 0.3) is 0 Å². The van der Waals surface area contributed by atoms with Crippen molar-refractivity contribution in [3.05, 3.63) is 71.9 Å². The third-order valence-corrected chi connectivity index (χ3v) is 4.10. The fourth-order valence-corrected chi connectivity index (χ4v) is 2.61. The molecule has 0 bridgehead atoms. The summed E-state index contributed by atoms with van der Waals surface area (Å²) in [6.45, 7) is 0.494. The van der Waals surface area contributed by atoms with Gasteiger partial charge in [-0.25, -0.2) is 4.39 Å². The number of amides is 1. The zero-order valence-corrected chi connectivity index (χ0v) is 14.5. The lowest BCUT2D eigenvalue weighted by atomic mass is 10.2. The normalized spacial score (nSPS) is 10.5. The average molecular weight is 373 g/mol. The highest BCUT2D eigenvalue weighted by molar-refractivity contribution is 7.99. The molecular formula is C18H16FN3O3S. The van der Waals surface area contributed by atoms with E-state index in [-0.39, 0.29) is 24.1 Å². The summed E-state index contributed by atoms with van der Waals surface area (Å²) in [5.74, 6) is 0.698. The SMILES string of the molecule is O=C(CSc1nnc(COc2ccccc2)o1)NCc1ccc(F)cc1. The summed E-state index contributed by atoms with van der Waals surface area (Å²) >= 11 is 1.14. The molecule has 0 spiro atoms. The molecule has 0 radical (unpaired) electrons. The Morgan fingerprint density at radius 2 is 1.88 bits per heavy atom. The summed E-state index contributed by atoms with van der Waals surface area (Å²) in [5.41, 5.74) is 0.822. The molecule has 1 aromatic heterocycles. The number of carbonyl (C=O) groups is 1. The molecular weight excluding hydrogens is 357 g/mol. The highest BCUT2D eigenvalue weighted by Crippen LogP contribution is 2.17. The van der Waals surface area contributed by atoms with Gasteiger partial charge < -0.3 is 14.5 Å².